The number of rotatable bonds is 6. The summed E-state index contributed by atoms with van der Waals surface area (Å²) in [5.74, 6) is 6.44. The normalized spacial score (nSPS) is 13.1. The molecule has 0 radical (unpaired) electrons. The lowest BCUT2D eigenvalue weighted by Crippen LogP contribution is -2.30. The molecule has 0 aliphatic rings. The minimum absolute atomic E-state index is 0.231. The fourth-order valence-corrected chi connectivity index (χ4v) is 2.72. The Morgan fingerprint density at radius 2 is 1.94 bits per heavy atom. The molecule has 1 aromatic carbocycles. The van der Waals surface area contributed by atoms with Gasteiger partial charge in [-0.25, -0.2) is 0 Å². The molecule has 0 aliphatic carbocycles. The lowest BCUT2D eigenvalue weighted by Gasteiger charge is -2.23. The number of hydrazine groups is 1. The second-order valence-corrected chi connectivity index (χ2v) is 5.41. The highest BCUT2D eigenvalue weighted by atomic mass is 79.9. The monoisotopic (exact) mass is 298 g/mol. The van der Waals surface area contributed by atoms with Crippen molar-refractivity contribution in [2.75, 3.05) is 0 Å². The SMILES string of the molecule is CCC(CC)CC(NN)c1cccc(C)c1Br. The number of hydrogen-bond donors (Lipinski definition) is 2. The van der Waals surface area contributed by atoms with E-state index in [-0.39, 0.29) is 6.04 Å². The van der Waals surface area contributed by atoms with E-state index < -0.39 is 0 Å². The summed E-state index contributed by atoms with van der Waals surface area (Å²) < 4.78 is 1.17. The predicted molar refractivity (Wildman–Crippen MR) is 77.6 cm³/mol. The van der Waals surface area contributed by atoms with Gasteiger partial charge >= 0.3 is 0 Å². The van der Waals surface area contributed by atoms with Crippen molar-refractivity contribution in [2.45, 2.75) is 46.1 Å². The molecule has 1 rings (SSSR count). The van der Waals surface area contributed by atoms with Crippen LogP contribution in [0.5, 0.6) is 0 Å². The average Bonchev–Trinajstić information content (AvgIpc) is 2.35. The number of nitrogens with two attached hydrogens (primary N) is 1. The first-order valence-corrected chi connectivity index (χ1v) is 7.14. The van der Waals surface area contributed by atoms with Gasteiger partial charge in [-0.05, 0) is 30.4 Å². The maximum Gasteiger partial charge on any atom is 0.0473 e. The van der Waals surface area contributed by atoms with Crippen LogP contribution in [0.3, 0.4) is 0 Å². The second-order valence-electron chi connectivity index (χ2n) is 4.62. The first-order valence-electron chi connectivity index (χ1n) is 6.35. The molecule has 96 valence electrons. The summed E-state index contributed by atoms with van der Waals surface area (Å²) in [6.45, 7) is 6.60. The van der Waals surface area contributed by atoms with Gasteiger partial charge in [-0.15, -0.1) is 0 Å². The molecule has 0 aromatic heterocycles. The van der Waals surface area contributed by atoms with Crippen LogP contribution in [0.2, 0.25) is 0 Å². The van der Waals surface area contributed by atoms with E-state index in [0.29, 0.717) is 0 Å². The number of hydrogen-bond acceptors (Lipinski definition) is 2. The van der Waals surface area contributed by atoms with Crippen LogP contribution in [0.1, 0.15) is 50.3 Å². The third-order valence-corrected chi connectivity index (χ3v) is 4.61. The summed E-state index contributed by atoms with van der Waals surface area (Å²) in [5.41, 5.74) is 5.48. The highest BCUT2D eigenvalue weighted by molar-refractivity contribution is 9.10. The van der Waals surface area contributed by atoms with E-state index in [9.17, 15) is 0 Å². The Morgan fingerprint density at radius 1 is 1.29 bits per heavy atom. The van der Waals surface area contributed by atoms with Gasteiger partial charge in [0.1, 0.15) is 0 Å². The van der Waals surface area contributed by atoms with Gasteiger partial charge in [-0.3, -0.25) is 11.3 Å². The van der Waals surface area contributed by atoms with Gasteiger partial charge in [-0.1, -0.05) is 60.8 Å². The molecule has 0 saturated carbocycles. The summed E-state index contributed by atoms with van der Waals surface area (Å²) in [7, 11) is 0. The van der Waals surface area contributed by atoms with Crippen molar-refractivity contribution in [3.63, 3.8) is 0 Å². The van der Waals surface area contributed by atoms with Gasteiger partial charge in [0, 0.05) is 10.5 Å². The maximum absolute atomic E-state index is 5.71. The fraction of sp³-hybridized carbons (Fsp3) is 0.571. The Bertz CT molecular complexity index is 348. The Balaban J connectivity index is 2.89. The zero-order valence-electron chi connectivity index (χ0n) is 11.0. The van der Waals surface area contributed by atoms with Crippen molar-refractivity contribution in [1.82, 2.24) is 5.43 Å². The van der Waals surface area contributed by atoms with E-state index in [4.69, 9.17) is 5.84 Å². The predicted octanol–water partition coefficient (Wildman–Crippen LogP) is 4.09. The third-order valence-electron chi connectivity index (χ3n) is 3.52. The van der Waals surface area contributed by atoms with Crippen LogP contribution >= 0.6 is 15.9 Å². The molecule has 3 N–H and O–H groups in total. The van der Waals surface area contributed by atoms with E-state index in [0.717, 1.165) is 12.3 Å². The van der Waals surface area contributed by atoms with Crippen LogP contribution < -0.4 is 11.3 Å². The van der Waals surface area contributed by atoms with Crippen LogP contribution in [-0.2, 0) is 0 Å². The van der Waals surface area contributed by atoms with E-state index in [1.54, 1.807) is 0 Å². The third kappa shape index (κ3) is 3.80. The molecule has 0 aliphatic heterocycles. The summed E-state index contributed by atoms with van der Waals surface area (Å²) in [5, 5.41) is 0. The van der Waals surface area contributed by atoms with Crippen LogP contribution in [0, 0.1) is 12.8 Å². The Morgan fingerprint density at radius 3 is 2.47 bits per heavy atom. The number of benzene rings is 1. The number of nitrogens with one attached hydrogen (secondary N) is 1. The van der Waals surface area contributed by atoms with Gasteiger partial charge in [0.15, 0.2) is 0 Å². The lowest BCUT2D eigenvalue weighted by molar-refractivity contribution is 0.374. The molecular weight excluding hydrogens is 276 g/mol. The van der Waals surface area contributed by atoms with Crippen LogP contribution in [0.4, 0.5) is 0 Å². The van der Waals surface area contributed by atoms with Crippen molar-refractivity contribution < 1.29 is 0 Å². The number of halogens is 1. The molecule has 0 amide bonds. The minimum atomic E-state index is 0.231. The van der Waals surface area contributed by atoms with Crippen molar-refractivity contribution in [3.8, 4) is 0 Å². The molecule has 0 bridgehead atoms. The maximum atomic E-state index is 5.71. The molecule has 1 atom stereocenters. The average molecular weight is 299 g/mol. The molecule has 0 saturated heterocycles. The highest BCUT2D eigenvalue weighted by Crippen LogP contribution is 2.31. The lowest BCUT2D eigenvalue weighted by atomic mass is 9.91. The van der Waals surface area contributed by atoms with Crippen molar-refractivity contribution >= 4 is 15.9 Å². The van der Waals surface area contributed by atoms with Crippen LogP contribution in [-0.4, -0.2) is 0 Å². The summed E-state index contributed by atoms with van der Waals surface area (Å²) in [6, 6.07) is 6.57. The molecule has 2 nitrogen and oxygen atoms in total. The van der Waals surface area contributed by atoms with E-state index in [1.165, 1.54) is 28.4 Å². The smallest absolute Gasteiger partial charge is 0.0473 e. The first-order chi connectivity index (χ1) is 8.13. The van der Waals surface area contributed by atoms with Crippen molar-refractivity contribution in [1.29, 1.82) is 0 Å². The quantitative estimate of drug-likeness (QED) is 0.613. The van der Waals surface area contributed by atoms with Gasteiger partial charge in [0.2, 0.25) is 0 Å². The van der Waals surface area contributed by atoms with Crippen LogP contribution in [0.25, 0.3) is 0 Å². The van der Waals surface area contributed by atoms with Gasteiger partial charge in [0.05, 0.1) is 0 Å². The largest absolute Gasteiger partial charge is 0.271 e. The fourth-order valence-electron chi connectivity index (χ4n) is 2.18. The summed E-state index contributed by atoms with van der Waals surface area (Å²) in [6.07, 6.45) is 3.50. The molecule has 1 aromatic rings. The number of aryl methyl sites for hydroxylation is 1. The summed E-state index contributed by atoms with van der Waals surface area (Å²) in [4.78, 5) is 0. The molecular formula is C14H23BrN2. The topological polar surface area (TPSA) is 38.0 Å². The Hall–Kier alpha value is -0.380. The molecule has 0 spiro atoms. The van der Waals surface area contributed by atoms with Crippen molar-refractivity contribution in [3.05, 3.63) is 33.8 Å². The molecule has 0 fully saturated rings. The van der Waals surface area contributed by atoms with Gasteiger partial charge in [-0.2, -0.15) is 0 Å². The van der Waals surface area contributed by atoms with Gasteiger partial charge in [0.25, 0.3) is 0 Å². The van der Waals surface area contributed by atoms with Crippen LogP contribution in [0.15, 0.2) is 22.7 Å². The molecule has 1 unspecified atom stereocenters. The highest BCUT2D eigenvalue weighted by Gasteiger charge is 2.17. The zero-order chi connectivity index (χ0) is 12.8. The Labute approximate surface area is 113 Å². The van der Waals surface area contributed by atoms with E-state index >= 15 is 0 Å². The van der Waals surface area contributed by atoms with Crippen molar-refractivity contribution in [2.24, 2.45) is 11.8 Å². The minimum Gasteiger partial charge on any atom is -0.271 e. The molecule has 3 heteroatoms. The van der Waals surface area contributed by atoms with E-state index in [2.05, 4.69) is 60.3 Å². The summed E-state index contributed by atoms with van der Waals surface area (Å²) >= 11 is 3.66. The molecule has 0 heterocycles. The second kappa shape index (κ2) is 7.14. The molecule has 17 heavy (non-hydrogen) atoms. The van der Waals surface area contributed by atoms with E-state index in [1.807, 2.05) is 0 Å². The zero-order valence-corrected chi connectivity index (χ0v) is 12.5. The standard InChI is InChI=1S/C14H23BrN2/c1-4-11(5-2)9-13(17-16)12-8-6-7-10(3)14(12)15/h6-8,11,13,17H,4-5,9,16H2,1-3H3. The first kappa shape index (κ1) is 14.7. The Kier molecular flexibility index (Phi) is 6.17. The van der Waals surface area contributed by atoms with Gasteiger partial charge < -0.3 is 0 Å².